The van der Waals surface area contributed by atoms with E-state index in [4.69, 9.17) is 4.74 Å². The van der Waals surface area contributed by atoms with Crippen molar-refractivity contribution in [3.8, 4) is 0 Å². The van der Waals surface area contributed by atoms with Crippen molar-refractivity contribution in [2.24, 2.45) is 5.41 Å². The maximum atomic E-state index is 12.6. The van der Waals surface area contributed by atoms with Gasteiger partial charge in [-0.2, -0.15) is 0 Å². The van der Waals surface area contributed by atoms with E-state index in [9.17, 15) is 14.4 Å². The number of aromatic nitrogens is 1. The third-order valence-corrected chi connectivity index (χ3v) is 5.44. The predicted octanol–water partition coefficient (Wildman–Crippen LogP) is 2.99. The van der Waals surface area contributed by atoms with Gasteiger partial charge in [-0.05, 0) is 26.2 Å². The third kappa shape index (κ3) is 3.66. The van der Waals surface area contributed by atoms with Crippen LogP contribution in [0.2, 0.25) is 0 Å². The summed E-state index contributed by atoms with van der Waals surface area (Å²) in [7, 11) is 0. The van der Waals surface area contributed by atoms with E-state index in [1.165, 1.54) is 11.3 Å². The number of ketones is 1. The van der Waals surface area contributed by atoms with Gasteiger partial charge in [0.15, 0.2) is 5.69 Å². The first-order chi connectivity index (χ1) is 11.3. The molecule has 2 heterocycles. The highest BCUT2D eigenvalue weighted by Gasteiger charge is 2.40. The zero-order valence-electron chi connectivity index (χ0n) is 14.6. The fourth-order valence-corrected chi connectivity index (χ4v) is 3.52. The minimum Gasteiger partial charge on any atom is -0.461 e. The molecule has 0 saturated carbocycles. The summed E-state index contributed by atoms with van der Waals surface area (Å²) < 4.78 is 4.95. The SMILES string of the molecule is CCOC(=O)c1csc(C2CCCN2C(=O)C(=O)C(C)(C)CC)n1. The number of hydrogen-bond donors (Lipinski definition) is 0. The van der Waals surface area contributed by atoms with Crippen LogP contribution in [0.5, 0.6) is 0 Å². The maximum Gasteiger partial charge on any atom is 0.357 e. The van der Waals surface area contributed by atoms with Crippen molar-refractivity contribution in [3.63, 3.8) is 0 Å². The molecule has 1 aromatic heterocycles. The number of nitrogens with zero attached hydrogens (tertiary/aromatic N) is 2. The van der Waals surface area contributed by atoms with Crippen LogP contribution in [-0.2, 0) is 14.3 Å². The number of Topliss-reactive ketones (excluding diaryl/α,β-unsaturated/α-hetero) is 1. The number of thiazole rings is 1. The minimum atomic E-state index is -0.663. The van der Waals surface area contributed by atoms with Gasteiger partial charge in [0, 0.05) is 17.3 Å². The Morgan fingerprint density at radius 1 is 1.38 bits per heavy atom. The lowest BCUT2D eigenvalue weighted by molar-refractivity contribution is -0.149. The normalized spacial score (nSPS) is 17.8. The molecule has 1 unspecified atom stereocenters. The summed E-state index contributed by atoms with van der Waals surface area (Å²) in [5.74, 6) is -1.27. The van der Waals surface area contributed by atoms with Gasteiger partial charge >= 0.3 is 5.97 Å². The molecule has 0 N–H and O–H groups in total. The highest BCUT2D eigenvalue weighted by molar-refractivity contribution is 7.09. The topological polar surface area (TPSA) is 76.6 Å². The van der Waals surface area contributed by atoms with Crippen LogP contribution in [0.3, 0.4) is 0 Å². The Bertz CT molecular complexity index is 638. The monoisotopic (exact) mass is 352 g/mol. The number of ether oxygens (including phenoxy) is 1. The zero-order chi connectivity index (χ0) is 17.9. The predicted molar refractivity (Wildman–Crippen MR) is 90.8 cm³/mol. The summed E-state index contributed by atoms with van der Waals surface area (Å²) in [4.78, 5) is 42.8. The second kappa shape index (κ2) is 7.42. The lowest BCUT2D eigenvalue weighted by atomic mass is 9.84. The Hall–Kier alpha value is -1.76. The van der Waals surface area contributed by atoms with Gasteiger partial charge in [0.1, 0.15) is 5.01 Å². The average Bonchev–Trinajstić information content (AvgIpc) is 3.22. The van der Waals surface area contributed by atoms with Crippen molar-refractivity contribution >= 4 is 29.0 Å². The smallest absolute Gasteiger partial charge is 0.357 e. The van der Waals surface area contributed by atoms with E-state index in [0.29, 0.717) is 24.6 Å². The molecule has 1 aliphatic rings. The van der Waals surface area contributed by atoms with Crippen LogP contribution >= 0.6 is 11.3 Å². The molecular weight excluding hydrogens is 328 g/mol. The average molecular weight is 352 g/mol. The first-order valence-corrected chi connectivity index (χ1v) is 9.17. The van der Waals surface area contributed by atoms with Crippen LogP contribution in [0.25, 0.3) is 0 Å². The summed E-state index contributed by atoms with van der Waals surface area (Å²) in [6.07, 6.45) is 2.19. The van der Waals surface area contributed by atoms with Gasteiger partial charge in [-0.1, -0.05) is 20.8 Å². The number of hydrogen-bond acceptors (Lipinski definition) is 6. The van der Waals surface area contributed by atoms with Gasteiger partial charge in [-0.3, -0.25) is 9.59 Å². The number of carbonyl (C=O) groups is 3. The number of amides is 1. The fraction of sp³-hybridized carbons (Fsp3) is 0.647. The molecule has 1 amide bonds. The van der Waals surface area contributed by atoms with Crippen LogP contribution < -0.4 is 0 Å². The van der Waals surface area contributed by atoms with Crippen molar-refractivity contribution in [1.29, 1.82) is 0 Å². The lowest BCUT2D eigenvalue weighted by Gasteiger charge is -2.27. The molecule has 0 aromatic carbocycles. The zero-order valence-corrected chi connectivity index (χ0v) is 15.4. The molecule has 7 heteroatoms. The van der Waals surface area contributed by atoms with Crippen LogP contribution in [0.15, 0.2) is 5.38 Å². The van der Waals surface area contributed by atoms with Gasteiger partial charge in [-0.25, -0.2) is 9.78 Å². The van der Waals surface area contributed by atoms with E-state index in [1.807, 2.05) is 6.92 Å². The van der Waals surface area contributed by atoms with Crippen LogP contribution in [0.4, 0.5) is 0 Å². The molecular formula is C17H24N2O4S. The summed E-state index contributed by atoms with van der Waals surface area (Å²) in [6, 6.07) is -0.234. The minimum absolute atomic E-state index is 0.234. The van der Waals surface area contributed by atoms with E-state index >= 15 is 0 Å². The van der Waals surface area contributed by atoms with E-state index in [2.05, 4.69) is 4.98 Å². The van der Waals surface area contributed by atoms with Crippen LogP contribution in [0.1, 0.15) is 68.5 Å². The van der Waals surface area contributed by atoms with Gasteiger partial charge in [-0.15, -0.1) is 11.3 Å². The van der Waals surface area contributed by atoms with E-state index in [1.54, 1.807) is 31.1 Å². The lowest BCUT2D eigenvalue weighted by Crippen LogP contribution is -2.42. The molecule has 2 rings (SSSR count). The third-order valence-electron chi connectivity index (χ3n) is 4.50. The van der Waals surface area contributed by atoms with Gasteiger partial charge < -0.3 is 9.64 Å². The molecule has 132 valence electrons. The molecule has 0 spiro atoms. The molecule has 0 aliphatic carbocycles. The van der Waals surface area contributed by atoms with Crippen molar-refractivity contribution in [1.82, 2.24) is 9.88 Å². The summed E-state index contributed by atoms with van der Waals surface area (Å²) >= 11 is 1.33. The fourth-order valence-electron chi connectivity index (χ4n) is 2.59. The molecule has 1 saturated heterocycles. The van der Waals surface area contributed by atoms with Gasteiger partial charge in [0.25, 0.3) is 5.91 Å². The first-order valence-electron chi connectivity index (χ1n) is 8.29. The standard InChI is InChI=1S/C17H24N2O4S/c1-5-17(3,4)13(20)15(21)19-9-7-8-12(19)14-18-11(10-24-14)16(22)23-6-2/h10,12H,5-9H2,1-4H3. The second-order valence-electron chi connectivity index (χ2n) is 6.51. The van der Waals surface area contributed by atoms with Gasteiger partial charge in [0.2, 0.25) is 5.78 Å². The highest BCUT2D eigenvalue weighted by Crippen LogP contribution is 2.35. The number of esters is 1. The largest absolute Gasteiger partial charge is 0.461 e. The molecule has 1 aromatic rings. The molecule has 6 nitrogen and oxygen atoms in total. The molecule has 0 radical (unpaired) electrons. The Morgan fingerprint density at radius 3 is 2.71 bits per heavy atom. The quantitative estimate of drug-likeness (QED) is 0.581. The molecule has 0 bridgehead atoms. The Morgan fingerprint density at radius 2 is 2.08 bits per heavy atom. The Kier molecular flexibility index (Phi) is 5.74. The second-order valence-corrected chi connectivity index (χ2v) is 7.40. The number of likely N-dealkylation sites (tertiary alicyclic amines) is 1. The maximum absolute atomic E-state index is 12.6. The Labute approximate surface area is 146 Å². The molecule has 24 heavy (non-hydrogen) atoms. The summed E-state index contributed by atoms with van der Waals surface area (Å²) in [5.41, 5.74) is -0.403. The van der Waals surface area contributed by atoms with Crippen molar-refractivity contribution < 1.29 is 19.1 Å². The van der Waals surface area contributed by atoms with Crippen LogP contribution in [0, 0.1) is 5.41 Å². The molecule has 1 atom stereocenters. The number of rotatable bonds is 6. The van der Waals surface area contributed by atoms with Crippen molar-refractivity contribution in [2.45, 2.75) is 53.0 Å². The molecule has 1 aliphatic heterocycles. The van der Waals surface area contributed by atoms with E-state index in [-0.39, 0.29) is 17.5 Å². The summed E-state index contributed by atoms with van der Waals surface area (Å²) in [6.45, 7) is 8.06. The van der Waals surface area contributed by atoms with Gasteiger partial charge in [0.05, 0.1) is 12.6 Å². The first kappa shape index (κ1) is 18.6. The van der Waals surface area contributed by atoms with Crippen molar-refractivity contribution in [2.75, 3.05) is 13.2 Å². The highest BCUT2D eigenvalue weighted by atomic mass is 32.1. The summed E-state index contributed by atoms with van der Waals surface area (Å²) in [5, 5.41) is 2.33. The number of carbonyl (C=O) groups excluding carboxylic acids is 3. The van der Waals surface area contributed by atoms with E-state index < -0.39 is 17.3 Å². The molecule has 1 fully saturated rings. The van der Waals surface area contributed by atoms with E-state index in [0.717, 1.165) is 12.8 Å². The van der Waals surface area contributed by atoms with Crippen LogP contribution in [-0.4, -0.2) is 40.7 Å². The van der Waals surface area contributed by atoms with Crippen molar-refractivity contribution in [3.05, 3.63) is 16.1 Å². The Balaban J connectivity index is 2.18.